The first-order valence-electron chi connectivity index (χ1n) is 9.54. The Bertz CT molecular complexity index is 1370. The van der Waals surface area contributed by atoms with Gasteiger partial charge in [0, 0.05) is 12.4 Å². The Morgan fingerprint density at radius 1 is 1.03 bits per heavy atom. The van der Waals surface area contributed by atoms with Crippen LogP contribution in [0.1, 0.15) is 21.5 Å². The van der Waals surface area contributed by atoms with E-state index in [1.165, 1.54) is 15.9 Å². The topological polar surface area (TPSA) is 79.5 Å². The van der Waals surface area contributed by atoms with E-state index in [-0.39, 0.29) is 24.1 Å². The molecule has 0 aliphatic rings. The average molecular weight is 436 g/mol. The molecule has 4 aromatic rings. The lowest BCUT2D eigenvalue weighted by atomic mass is 10.2. The van der Waals surface area contributed by atoms with Crippen LogP contribution in [0.3, 0.4) is 0 Å². The van der Waals surface area contributed by atoms with Gasteiger partial charge in [-0.05, 0) is 23.3 Å². The van der Waals surface area contributed by atoms with Gasteiger partial charge in [0.25, 0.3) is 5.56 Å². The number of thiophene rings is 1. The molecular weight excluding hydrogens is 416 g/mol. The lowest BCUT2D eigenvalue weighted by Crippen LogP contribution is -2.39. The molecule has 0 unspecified atom stereocenters. The molecule has 0 aliphatic heterocycles. The zero-order chi connectivity index (χ0) is 22.0. The molecule has 7 nitrogen and oxygen atoms in total. The number of rotatable bonds is 6. The second-order valence-corrected chi connectivity index (χ2v) is 7.83. The van der Waals surface area contributed by atoms with Crippen molar-refractivity contribution in [2.75, 3.05) is 7.11 Å². The number of ether oxygens (including phenoxy) is 2. The van der Waals surface area contributed by atoms with E-state index in [0.717, 1.165) is 15.7 Å². The van der Waals surface area contributed by atoms with Crippen molar-refractivity contribution >= 4 is 27.5 Å². The van der Waals surface area contributed by atoms with E-state index in [0.29, 0.717) is 10.6 Å². The zero-order valence-corrected chi connectivity index (χ0v) is 17.8. The number of hydrogen-bond donors (Lipinski definition) is 0. The predicted molar refractivity (Wildman–Crippen MR) is 119 cm³/mol. The molecule has 31 heavy (non-hydrogen) atoms. The van der Waals surface area contributed by atoms with E-state index in [1.54, 1.807) is 37.7 Å². The van der Waals surface area contributed by atoms with Gasteiger partial charge in [-0.3, -0.25) is 13.9 Å². The fourth-order valence-corrected chi connectivity index (χ4v) is 4.33. The number of nitrogens with zero attached hydrogens (tertiary/aromatic N) is 2. The van der Waals surface area contributed by atoms with Crippen LogP contribution in [0.25, 0.3) is 10.2 Å². The summed E-state index contributed by atoms with van der Waals surface area (Å²) in [6.07, 6.45) is 0. The van der Waals surface area contributed by atoms with Gasteiger partial charge in [-0.1, -0.05) is 42.5 Å². The standard InChI is InChI=1S/C23H20N2O5S/c1-24-21-19(20(26)25(23(24)28)12-15-7-4-3-5-8-15)18(14-31-21)22(27)30-13-16-9-6-10-17(11-16)29-2/h3-11,14H,12-13H2,1-2H3. The Kier molecular flexibility index (Phi) is 5.73. The molecule has 8 heteroatoms. The van der Waals surface area contributed by atoms with Crippen molar-refractivity contribution in [2.45, 2.75) is 13.2 Å². The van der Waals surface area contributed by atoms with Gasteiger partial charge < -0.3 is 9.47 Å². The van der Waals surface area contributed by atoms with Crippen LogP contribution in [0.2, 0.25) is 0 Å². The van der Waals surface area contributed by atoms with E-state index < -0.39 is 17.2 Å². The van der Waals surface area contributed by atoms with Crippen molar-refractivity contribution in [2.24, 2.45) is 7.05 Å². The maximum atomic E-state index is 13.2. The lowest BCUT2D eigenvalue weighted by molar-refractivity contribution is 0.0475. The molecule has 2 heterocycles. The maximum absolute atomic E-state index is 13.2. The monoisotopic (exact) mass is 436 g/mol. The molecule has 158 valence electrons. The van der Waals surface area contributed by atoms with Crippen molar-refractivity contribution in [1.29, 1.82) is 0 Å². The SMILES string of the molecule is COc1cccc(COC(=O)c2csc3c2c(=O)n(Cc2ccccc2)c(=O)n3C)c1. The van der Waals surface area contributed by atoms with E-state index >= 15 is 0 Å². The summed E-state index contributed by atoms with van der Waals surface area (Å²) in [4.78, 5) is 39.2. The molecule has 0 aliphatic carbocycles. The Morgan fingerprint density at radius 3 is 2.52 bits per heavy atom. The molecule has 0 radical (unpaired) electrons. The largest absolute Gasteiger partial charge is 0.497 e. The normalized spacial score (nSPS) is 10.9. The van der Waals surface area contributed by atoms with Crippen molar-refractivity contribution < 1.29 is 14.3 Å². The number of hydrogen-bond acceptors (Lipinski definition) is 6. The molecule has 0 bridgehead atoms. The summed E-state index contributed by atoms with van der Waals surface area (Å²) in [5.74, 6) is 0.0458. The van der Waals surface area contributed by atoms with E-state index in [9.17, 15) is 14.4 Å². The van der Waals surface area contributed by atoms with Crippen LogP contribution >= 0.6 is 11.3 Å². The molecule has 0 saturated carbocycles. The molecule has 2 aromatic carbocycles. The Labute approximate surface area is 181 Å². The Hall–Kier alpha value is -3.65. The lowest BCUT2D eigenvalue weighted by Gasteiger charge is -2.10. The number of aryl methyl sites for hydroxylation is 1. The van der Waals surface area contributed by atoms with Crippen LogP contribution in [-0.4, -0.2) is 22.2 Å². The zero-order valence-electron chi connectivity index (χ0n) is 17.0. The molecule has 4 rings (SSSR count). The van der Waals surface area contributed by atoms with Crippen molar-refractivity contribution in [3.63, 3.8) is 0 Å². The molecule has 0 saturated heterocycles. The third-order valence-corrected chi connectivity index (χ3v) is 6.02. The summed E-state index contributed by atoms with van der Waals surface area (Å²) >= 11 is 1.17. The van der Waals surface area contributed by atoms with Crippen LogP contribution in [0.4, 0.5) is 0 Å². The predicted octanol–water partition coefficient (Wildman–Crippen LogP) is 3.18. The van der Waals surface area contributed by atoms with E-state index in [1.807, 2.05) is 36.4 Å². The number of methoxy groups -OCH3 is 1. The fourth-order valence-electron chi connectivity index (χ4n) is 3.34. The van der Waals surface area contributed by atoms with Gasteiger partial charge >= 0.3 is 11.7 Å². The minimum absolute atomic E-state index is 0.0390. The smallest absolute Gasteiger partial charge is 0.340 e. The number of benzene rings is 2. The third kappa shape index (κ3) is 4.02. The molecule has 0 spiro atoms. The van der Waals surface area contributed by atoms with Gasteiger partial charge in [0.2, 0.25) is 0 Å². The van der Waals surface area contributed by atoms with Gasteiger partial charge in [-0.25, -0.2) is 9.59 Å². The third-order valence-electron chi connectivity index (χ3n) is 4.96. The average Bonchev–Trinajstić information content (AvgIpc) is 3.25. The fraction of sp³-hybridized carbons (Fsp3) is 0.174. The van der Waals surface area contributed by atoms with Gasteiger partial charge in [-0.15, -0.1) is 11.3 Å². The molecule has 0 amide bonds. The highest BCUT2D eigenvalue weighted by atomic mass is 32.1. The summed E-state index contributed by atoms with van der Waals surface area (Å²) in [6.45, 7) is 0.160. The van der Waals surface area contributed by atoms with Crippen molar-refractivity contribution in [1.82, 2.24) is 9.13 Å². The van der Waals surface area contributed by atoms with Gasteiger partial charge in [0.1, 0.15) is 17.2 Å². The van der Waals surface area contributed by atoms with Gasteiger partial charge in [0.05, 0.1) is 24.6 Å². The summed E-state index contributed by atoms with van der Waals surface area (Å²) in [6, 6.07) is 16.4. The number of fused-ring (bicyclic) bond motifs is 1. The molecule has 2 aromatic heterocycles. The Morgan fingerprint density at radius 2 is 1.77 bits per heavy atom. The quantitative estimate of drug-likeness (QED) is 0.434. The second kappa shape index (κ2) is 8.61. The van der Waals surface area contributed by atoms with Gasteiger partial charge in [0.15, 0.2) is 0 Å². The first-order chi connectivity index (χ1) is 15.0. The van der Waals surface area contributed by atoms with Crippen LogP contribution in [0.5, 0.6) is 5.75 Å². The molecular formula is C23H20N2O5S. The Balaban J connectivity index is 1.69. The second-order valence-electron chi connectivity index (χ2n) is 6.98. The first-order valence-corrected chi connectivity index (χ1v) is 10.4. The maximum Gasteiger partial charge on any atom is 0.340 e. The van der Waals surface area contributed by atoms with Crippen molar-refractivity contribution in [3.05, 3.63) is 97.5 Å². The number of carbonyl (C=O) groups excluding carboxylic acids is 1. The highest BCUT2D eigenvalue weighted by Gasteiger charge is 2.21. The number of esters is 1. The number of aromatic nitrogens is 2. The molecule has 0 fully saturated rings. The minimum atomic E-state index is -0.615. The minimum Gasteiger partial charge on any atom is -0.497 e. The summed E-state index contributed by atoms with van der Waals surface area (Å²) < 4.78 is 13.2. The van der Waals surface area contributed by atoms with Crippen LogP contribution in [0.15, 0.2) is 69.6 Å². The van der Waals surface area contributed by atoms with Crippen LogP contribution < -0.4 is 16.0 Å². The molecule has 0 N–H and O–H groups in total. The number of carbonyl (C=O) groups is 1. The summed E-state index contributed by atoms with van der Waals surface area (Å²) in [5, 5.41) is 1.75. The first kappa shape index (κ1) is 20.6. The van der Waals surface area contributed by atoms with Gasteiger partial charge in [-0.2, -0.15) is 0 Å². The van der Waals surface area contributed by atoms with E-state index in [4.69, 9.17) is 9.47 Å². The highest BCUT2D eigenvalue weighted by molar-refractivity contribution is 7.17. The van der Waals surface area contributed by atoms with Crippen molar-refractivity contribution in [3.8, 4) is 5.75 Å². The summed E-state index contributed by atoms with van der Waals surface area (Å²) in [7, 11) is 3.15. The van der Waals surface area contributed by atoms with Crippen LogP contribution in [-0.2, 0) is 24.9 Å². The van der Waals surface area contributed by atoms with E-state index in [2.05, 4.69) is 0 Å². The summed E-state index contributed by atoms with van der Waals surface area (Å²) in [5.41, 5.74) is 0.806. The molecule has 0 atom stereocenters. The van der Waals surface area contributed by atoms with Crippen LogP contribution in [0, 0.1) is 0 Å². The highest BCUT2D eigenvalue weighted by Crippen LogP contribution is 2.23.